The van der Waals surface area contributed by atoms with Gasteiger partial charge < -0.3 is 15.1 Å². The molecule has 0 radical (unpaired) electrons. The van der Waals surface area contributed by atoms with Crippen LogP contribution >= 0.6 is 12.2 Å². The van der Waals surface area contributed by atoms with Gasteiger partial charge in [0.05, 0.1) is 22.8 Å². The summed E-state index contributed by atoms with van der Waals surface area (Å²) in [5.74, 6) is -1.36. The van der Waals surface area contributed by atoms with Crippen molar-refractivity contribution in [1.29, 1.82) is 0 Å². The Morgan fingerprint density at radius 1 is 1.04 bits per heavy atom. The standard InChI is InChI=1S/C16H12N4O3S/c21-14(11-5-6-12-13(7-11)19-16(24)18-12)20-17-8-9-1-3-10(4-2-9)15(22)23/h1-8H,(H,20,21)(H,22,23)(H2,18,19,24)/b17-8-. The number of H-pyrrole nitrogens is 2. The van der Waals surface area contributed by atoms with E-state index in [1.54, 1.807) is 30.3 Å². The number of aromatic carboxylic acids is 1. The van der Waals surface area contributed by atoms with Crippen molar-refractivity contribution in [3.63, 3.8) is 0 Å². The molecule has 0 aliphatic carbocycles. The zero-order chi connectivity index (χ0) is 17.1. The van der Waals surface area contributed by atoms with Crippen molar-refractivity contribution in [2.75, 3.05) is 0 Å². The molecule has 1 aromatic heterocycles. The molecule has 1 amide bonds. The quantitative estimate of drug-likeness (QED) is 0.332. The van der Waals surface area contributed by atoms with E-state index in [2.05, 4.69) is 20.5 Å². The number of imidazole rings is 1. The molecule has 0 bridgehead atoms. The predicted molar refractivity (Wildman–Crippen MR) is 91.9 cm³/mol. The van der Waals surface area contributed by atoms with E-state index in [1.165, 1.54) is 18.3 Å². The lowest BCUT2D eigenvalue weighted by Gasteiger charge is -2.00. The van der Waals surface area contributed by atoms with Gasteiger partial charge in [0, 0.05) is 5.56 Å². The smallest absolute Gasteiger partial charge is 0.335 e. The second kappa shape index (κ2) is 6.47. The van der Waals surface area contributed by atoms with Crippen molar-refractivity contribution >= 4 is 41.3 Å². The molecule has 0 aliphatic heterocycles. The Morgan fingerprint density at radius 3 is 2.42 bits per heavy atom. The Bertz CT molecular complexity index is 1000. The lowest BCUT2D eigenvalue weighted by atomic mass is 10.1. The van der Waals surface area contributed by atoms with Gasteiger partial charge in [0.15, 0.2) is 4.77 Å². The maximum atomic E-state index is 12.1. The van der Waals surface area contributed by atoms with Gasteiger partial charge in [0.25, 0.3) is 5.91 Å². The minimum absolute atomic E-state index is 0.188. The highest BCUT2D eigenvalue weighted by atomic mass is 32.1. The highest BCUT2D eigenvalue weighted by molar-refractivity contribution is 7.71. The summed E-state index contributed by atoms with van der Waals surface area (Å²) in [7, 11) is 0. The number of carboxylic acids is 1. The Labute approximate surface area is 141 Å². The fourth-order valence-corrected chi connectivity index (χ4v) is 2.34. The molecule has 7 nitrogen and oxygen atoms in total. The summed E-state index contributed by atoms with van der Waals surface area (Å²) in [5, 5.41) is 12.7. The fraction of sp³-hybridized carbons (Fsp3) is 0. The Balaban J connectivity index is 1.69. The molecule has 0 saturated carbocycles. The van der Waals surface area contributed by atoms with Gasteiger partial charge >= 0.3 is 5.97 Å². The number of amides is 1. The van der Waals surface area contributed by atoms with Crippen LogP contribution in [0.15, 0.2) is 47.6 Å². The van der Waals surface area contributed by atoms with Crippen molar-refractivity contribution in [2.24, 2.45) is 5.10 Å². The van der Waals surface area contributed by atoms with Crippen molar-refractivity contribution in [1.82, 2.24) is 15.4 Å². The number of carboxylic acid groups (broad SMARTS) is 1. The molecular formula is C16H12N4O3S. The normalized spacial score (nSPS) is 11.0. The molecule has 0 saturated heterocycles. The number of hydrogen-bond acceptors (Lipinski definition) is 4. The van der Waals surface area contributed by atoms with Crippen LogP contribution in [0.2, 0.25) is 0 Å². The van der Waals surface area contributed by atoms with Crippen LogP contribution in [0.4, 0.5) is 0 Å². The van der Waals surface area contributed by atoms with E-state index in [0.29, 0.717) is 15.9 Å². The van der Waals surface area contributed by atoms with Gasteiger partial charge in [-0.1, -0.05) is 12.1 Å². The maximum absolute atomic E-state index is 12.1. The topological polar surface area (TPSA) is 110 Å². The van der Waals surface area contributed by atoms with Gasteiger partial charge in [-0.2, -0.15) is 5.10 Å². The molecule has 0 atom stereocenters. The molecule has 24 heavy (non-hydrogen) atoms. The molecule has 1 heterocycles. The highest BCUT2D eigenvalue weighted by Crippen LogP contribution is 2.12. The van der Waals surface area contributed by atoms with Crippen LogP contribution in [0.3, 0.4) is 0 Å². The molecule has 8 heteroatoms. The zero-order valence-electron chi connectivity index (χ0n) is 12.2. The van der Waals surface area contributed by atoms with Gasteiger partial charge in [-0.15, -0.1) is 0 Å². The van der Waals surface area contributed by atoms with Gasteiger partial charge in [-0.3, -0.25) is 4.79 Å². The molecule has 0 aliphatic rings. The van der Waals surface area contributed by atoms with E-state index >= 15 is 0 Å². The molecule has 0 fully saturated rings. The van der Waals surface area contributed by atoms with Crippen molar-refractivity contribution < 1.29 is 14.7 Å². The number of carbonyl (C=O) groups excluding carboxylic acids is 1. The highest BCUT2D eigenvalue weighted by Gasteiger charge is 2.06. The first kappa shape index (κ1) is 15.6. The SMILES string of the molecule is O=C(O)c1ccc(/C=N\NC(=O)c2ccc3[nH]c(=S)[nH]c3c2)cc1. The lowest BCUT2D eigenvalue weighted by molar-refractivity contribution is 0.0696. The third-order valence-electron chi connectivity index (χ3n) is 3.32. The summed E-state index contributed by atoms with van der Waals surface area (Å²) in [6, 6.07) is 11.2. The fourth-order valence-electron chi connectivity index (χ4n) is 2.12. The molecule has 2 aromatic carbocycles. The van der Waals surface area contributed by atoms with Gasteiger partial charge in [0.1, 0.15) is 0 Å². The van der Waals surface area contributed by atoms with E-state index in [-0.39, 0.29) is 11.5 Å². The van der Waals surface area contributed by atoms with Crippen LogP contribution in [0.5, 0.6) is 0 Å². The van der Waals surface area contributed by atoms with Crippen LogP contribution in [0, 0.1) is 4.77 Å². The predicted octanol–water partition coefficient (Wildman–Crippen LogP) is 2.69. The Morgan fingerprint density at radius 2 is 1.71 bits per heavy atom. The van der Waals surface area contributed by atoms with Gasteiger partial charge in [0.2, 0.25) is 0 Å². The van der Waals surface area contributed by atoms with Crippen LogP contribution < -0.4 is 5.43 Å². The van der Waals surface area contributed by atoms with E-state index in [4.69, 9.17) is 17.3 Å². The average molecular weight is 340 g/mol. The number of hydrogen-bond donors (Lipinski definition) is 4. The molecule has 0 unspecified atom stereocenters. The number of hydrazone groups is 1. The summed E-state index contributed by atoms with van der Waals surface area (Å²) in [5.41, 5.74) is 5.27. The number of aromatic amines is 2. The van der Waals surface area contributed by atoms with Crippen LogP contribution in [-0.4, -0.2) is 33.2 Å². The maximum Gasteiger partial charge on any atom is 0.335 e. The second-order valence-electron chi connectivity index (χ2n) is 4.97. The number of aromatic nitrogens is 2. The number of nitrogens with one attached hydrogen (secondary N) is 3. The molecular weight excluding hydrogens is 328 g/mol. The molecule has 120 valence electrons. The Kier molecular flexibility index (Phi) is 4.21. The summed E-state index contributed by atoms with van der Waals surface area (Å²) in [4.78, 5) is 28.7. The van der Waals surface area contributed by atoms with Crippen molar-refractivity contribution in [3.05, 3.63) is 63.9 Å². The second-order valence-corrected chi connectivity index (χ2v) is 5.37. The first-order valence-electron chi connectivity index (χ1n) is 6.92. The zero-order valence-corrected chi connectivity index (χ0v) is 13.1. The minimum atomic E-state index is -0.994. The average Bonchev–Trinajstić information content (AvgIpc) is 2.94. The first-order valence-corrected chi connectivity index (χ1v) is 7.32. The Hall–Kier alpha value is -3.26. The molecule has 0 spiro atoms. The largest absolute Gasteiger partial charge is 0.478 e. The number of carbonyl (C=O) groups is 2. The molecule has 4 N–H and O–H groups in total. The van der Waals surface area contributed by atoms with Crippen molar-refractivity contribution in [2.45, 2.75) is 0 Å². The number of nitrogens with zero attached hydrogens (tertiary/aromatic N) is 1. The summed E-state index contributed by atoms with van der Waals surface area (Å²) < 4.78 is 0.491. The van der Waals surface area contributed by atoms with E-state index in [9.17, 15) is 9.59 Å². The molecule has 3 aromatic rings. The first-order chi connectivity index (χ1) is 11.5. The number of rotatable bonds is 4. The van der Waals surface area contributed by atoms with Crippen LogP contribution in [0.25, 0.3) is 11.0 Å². The lowest BCUT2D eigenvalue weighted by Crippen LogP contribution is -2.17. The van der Waals surface area contributed by atoms with Crippen LogP contribution in [0.1, 0.15) is 26.3 Å². The number of fused-ring (bicyclic) bond motifs is 1. The summed E-state index contributed by atoms with van der Waals surface area (Å²) in [6.45, 7) is 0. The molecule has 3 rings (SSSR count). The van der Waals surface area contributed by atoms with Crippen LogP contribution in [-0.2, 0) is 0 Å². The summed E-state index contributed by atoms with van der Waals surface area (Å²) >= 11 is 5.00. The van der Waals surface area contributed by atoms with Gasteiger partial charge in [-0.05, 0) is 48.1 Å². The third-order valence-corrected chi connectivity index (χ3v) is 3.52. The third kappa shape index (κ3) is 3.39. The van der Waals surface area contributed by atoms with Crippen molar-refractivity contribution in [3.8, 4) is 0 Å². The number of benzene rings is 2. The van der Waals surface area contributed by atoms with Gasteiger partial charge in [-0.25, -0.2) is 10.2 Å². The monoisotopic (exact) mass is 340 g/mol. The van der Waals surface area contributed by atoms with E-state index < -0.39 is 5.97 Å². The minimum Gasteiger partial charge on any atom is -0.478 e. The van der Waals surface area contributed by atoms with E-state index in [0.717, 1.165) is 11.0 Å². The van der Waals surface area contributed by atoms with E-state index in [1.807, 2.05) is 0 Å². The summed E-state index contributed by atoms with van der Waals surface area (Å²) in [6.07, 6.45) is 1.44.